The normalized spacial score (nSPS) is 11.8. The van der Waals surface area contributed by atoms with Crippen molar-refractivity contribution in [3.8, 4) is 5.75 Å². The van der Waals surface area contributed by atoms with Gasteiger partial charge in [-0.15, -0.1) is 0 Å². The molecule has 2 rings (SSSR count). The summed E-state index contributed by atoms with van der Waals surface area (Å²) < 4.78 is 5.54. The molecular formula is C16H17ClN2O2. The molecule has 0 radical (unpaired) electrons. The lowest BCUT2D eigenvalue weighted by Crippen LogP contribution is -2.21. The Morgan fingerprint density at radius 3 is 2.76 bits per heavy atom. The first kappa shape index (κ1) is 15.4. The van der Waals surface area contributed by atoms with E-state index < -0.39 is 0 Å². The molecule has 0 saturated carbocycles. The summed E-state index contributed by atoms with van der Waals surface area (Å²) in [5.74, 6) is 0.366. The Morgan fingerprint density at radius 1 is 1.29 bits per heavy atom. The number of hydrogen-bond donors (Lipinski definition) is 2. The molecule has 5 heteroatoms. The van der Waals surface area contributed by atoms with Crippen LogP contribution in [0.3, 0.4) is 0 Å². The number of carbonyl (C=O) groups is 1. The molecule has 0 heterocycles. The van der Waals surface area contributed by atoms with Gasteiger partial charge < -0.3 is 15.8 Å². The highest BCUT2D eigenvalue weighted by atomic mass is 35.5. The van der Waals surface area contributed by atoms with Crippen LogP contribution in [0.2, 0.25) is 5.02 Å². The van der Waals surface area contributed by atoms with Crippen LogP contribution in [0.15, 0.2) is 48.5 Å². The molecule has 1 atom stereocenters. The van der Waals surface area contributed by atoms with Crippen LogP contribution in [-0.4, -0.2) is 12.5 Å². The summed E-state index contributed by atoms with van der Waals surface area (Å²) in [5, 5.41) is 3.29. The summed E-state index contributed by atoms with van der Waals surface area (Å²) in [6.07, 6.45) is 0. The predicted octanol–water partition coefficient (Wildman–Crippen LogP) is 3.38. The number of benzene rings is 2. The Bertz CT molecular complexity index is 629. The van der Waals surface area contributed by atoms with Gasteiger partial charge in [-0.3, -0.25) is 4.79 Å². The molecule has 0 fully saturated rings. The Balaban J connectivity index is 1.95. The van der Waals surface area contributed by atoms with E-state index in [-0.39, 0.29) is 18.6 Å². The van der Waals surface area contributed by atoms with Gasteiger partial charge in [-0.2, -0.15) is 0 Å². The fourth-order valence-corrected chi connectivity index (χ4v) is 2.09. The van der Waals surface area contributed by atoms with Crippen LogP contribution in [0.5, 0.6) is 5.75 Å². The largest absolute Gasteiger partial charge is 0.483 e. The molecule has 0 bridgehead atoms. The monoisotopic (exact) mass is 304 g/mol. The zero-order chi connectivity index (χ0) is 15.2. The number of hydrogen-bond acceptors (Lipinski definition) is 3. The number of amides is 1. The average Bonchev–Trinajstić information content (AvgIpc) is 2.45. The third-order valence-electron chi connectivity index (χ3n) is 2.88. The number of carbonyl (C=O) groups excluding carboxylic acids is 1. The molecule has 0 spiro atoms. The fraction of sp³-hybridized carbons (Fsp3) is 0.188. The number of rotatable bonds is 5. The number of nitrogens with one attached hydrogen (secondary N) is 1. The van der Waals surface area contributed by atoms with E-state index in [4.69, 9.17) is 22.1 Å². The van der Waals surface area contributed by atoms with Gasteiger partial charge in [-0.05, 0) is 31.2 Å². The standard InChI is InChI=1S/C16H17ClN2O2/c1-11(18)14-7-2-3-8-15(14)21-10-16(20)19-13-6-4-5-12(17)9-13/h2-9,11H,10,18H2,1H3,(H,19,20). The van der Waals surface area contributed by atoms with Crippen molar-refractivity contribution < 1.29 is 9.53 Å². The topological polar surface area (TPSA) is 64.3 Å². The Labute approximate surface area is 128 Å². The first-order chi connectivity index (χ1) is 10.1. The van der Waals surface area contributed by atoms with Crippen LogP contribution in [0.25, 0.3) is 0 Å². The summed E-state index contributed by atoms with van der Waals surface area (Å²) in [6, 6.07) is 14.2. The molecule has 0 aliphatic rings. The van der Waals surface area contributed by atoms with Crippen molar-refractivity contribution in [3.05, 3.63) is 59.1 Å². The minimum absolute atomic E-state index is 0.0871. The third kappa shape index (κ3) is 4.48. The van der Waals surface area contributed by atoms with E-state index >= 15 is 0 Å². The van der Waals surface area contributed by atoms with Gasteiger partial charge in [0.15, 0.2) is 6.61 Å². The number of nitrogens with two attached hydrogens (primary N) is 1. The maximum absolute atomic E-state index is 11.9. The summed E-state index contributed by atoms with van der Waals surface area (Å²) >= 11 is 5.86. The summed E-state index contributed by atoms with van der Waals surface area (Å²) in [7, 11) is 0. The Hall–Kier alpha value is -2.04. The summed E-state index contributed by atoms with van der Waals surface area (Å²) in [6.45, 7) is 1.78. The van der Waals surface area contributed by atoms with Crippen LogP contribution in [-0.2, 0) is 4.79 Å². The fourth-order valence-electron chi connectivity index (χ4n) is 1.89. The zero-order valence-electron chi connectivity index (χ0n) is 11.7. The molecule has 0 aliphatic heterocycles. The molecule has 0 aliphatic carbocycles. The second kappa shape index (κ2) is 7.11. The van der Waals surface area contributed by atoms with E-state index in [0.717, 1.165) is 5.56 Å². The van der Waals surface area contributed by atoms with Gasteiger partial charge in [0.05, 0.1) is 0 Å². The van der Waals surface area contributed by atoms with Gasteiger partial charge in [0.1, 0.15) is 5.75 Å². The first-order valence-corrected chi connectivity index (χ1v) is 6.97. The third-order valence-corrected chi connectivity index (χ3v) is 3.11. The Morgan fingerprint density at radius 2 is 2.05 bits per heavy atom. The molecule has 1 amide bonds. The summed E-state index contributed by atoms with van der Waals surface area (Å²) in [5.41, 5.74) is 7.37. The number of halogens is 1. The van der Waals surface area contributed by atoms with Crippen molar-refractivity contribution in [1.29, 1.82) is 0 Å². The molecule has 3 N–H and O–H groups in total. The lowest BCUT2D eigenvalue weighted by molar-refractivity contribution is -0.118. The highest BCUT2D eigenvalue weighted by Gasteiger charge is 2.09. The predicted molar refractivity (Wildman–Crippen MR) is 84.6 cm³/mol. The van der Waals surface area contributed by atoms with Crippen LogP contribution in [0, 0.1) is 0 Å². The van der Waals surface area contributed by atoms with Crippen molar-refractivity contribution >= 4 is 23.2 Å². The van der Waals surface area contributed by atoms with Crippen molar-refractivity contribution in [2.45, 2.75) is 13.0 Å². The minimum Gasteiger partial charge on any atom is -0.483 e. The van der Waals surface area contributed by atoms with Gasteiger partial charge >= 0.3 is 0 Å². The number of para-hydroxylation sites is 1. The van der Waals surface area contributed by atoms with Crippen LogP contribution in [0.1, 0.15) is 18.5 Å². The summed E-state index contributed by atoms with van der Waals surface area (Å²) in [4.78, 5) is 11.9. The van der Waals surface area contributed by atoms with Gasteiger partial charge in [0.25, 0.3) is 5.91 Å². The number of anilines is 1. The second-order valence-electron chi connectivity index (χ2n) is 4.67. The average molecular weight is 305 g/mol. The Kier molecular flexibility index (Phi) is 5.20. The smallest absolute Gasteiger partial charge is 0.262 e. The molecular weight excluding hydrogens is 288 g/mol. The maximum atomic E-state index is 11.9. The van der Waals surface area contributed by atoms with Gasteiger partial charge in [0.2, 0.25) is 0 Å². The SMILES string of the molecule is CC(N)c1ccccc1OCC(=O)Nc1cccc(Cl)c1. The van der Waals surface area contributed by atoms with Gasteiger partial charge in [0, 0.05) is 22.3 Å². The van der Waals surface area contributed by atoms with Gasteiger partial charge in [-0.25, -0.2) is 0 Å². The highest BCUT2D eigenvalue weighted by Crippen LogP contribution is 2.23. The van der Waals surface area contributed by atoms with E-state index in [1.54, 1.807) is 30.3 Å². The first-order valence-electron chi connectivity index (χ1n) is 6.59. The van der Waals surface area contributed by atoms with Crippen molar-refractivity contribution in [1.82, 2.24) is 0 Å². The molecule has 2 aromatic carbocycles. The second-order valence-corrected chi connectivity index (χ2v) is 5.11. The maximum Gasteiger partial charge on any atom is 0.262 e. The minimum atomic E-state index is -0.253. The van der Waals surface area contributed by atoms with E-state index in [1.165, 1.54) is 0 Å². The number of ether oxygens (including phenoxy) is 1. The van der Waals surface area contributed by atoms with Crippen LogP contribution >= 0.6 is 11.6 Å². The lowest BCUT2D eigenvalue weighted by Gasteiger charge is -2.13. The molecule has 1 unspecified atom stereocenters. The molecule has 110 valence electrons. The van der Waals surface area contributed by atoms with Gasteiger partial charge in [-0.1, -0.05) is 35.9 Å². The van der Waals surface area contributed by atoms with Crippen molar-refractivity contribution in [2.24, 2.45) is 5.73 Å². The van der Waals surface area contributed by atoms with Crippen LogP contribution < -0.4 is 15.8 Å². The quantitative estimate of drug-likeness (QED) is 0.890. The molecule has 0 saturated heterocycles. The van der Waals surface area contributed by atoms with Crippen LogP contribution in [0.4, 0.5) is 5.69 Å². The zero-order valence-corrected chi connectivity index (χ0v) is 12.4. The highest BCUT2D eigenvalue weighted by molar-refractivity contribution is 6.30. The van der Waals surface area contributed by atoms with E-state index in [9.17, 15) is 4.79 Å². The molecule has 21 heavy (non-hydrogen) atoms. The molecule has 0 aromatic heterocycles. The van der Waals surface area contributed by atoms with E-state index in [0.29, 0.717) is 16.5 Å². The van der Waals surface area contributed by atoms with E-state index in [2.05, 4.69) is 5.32 Å². The van der Waals surface area contributed by atoms with E-state index in [1.807, 2.05) is 25.1 Å². The van der Waals surface area contributed by atoms with Crippen molar-refractivity contribution in [2.75, 3.05) is 11.9 Å². The molecule has 2 aromatic rings. The lowest BCUT2D eigenvalue weighted by atomic mass is 10.1. The van der Waals surface area contributed by atoms with Crippen molar-refractivity contribution in [3.63, 3.8) is 0 Å². The molecule has 4 nitrogen and oxygen atoms in total.